The fraction of sp³-hybridized carbons (Fsp3) is 0.455. The van der Waals surface area contributed by atoms with Crippen molar-refractivity contribution < 1.29 is 23.0 Å². The van der Waals surface area contributed by atoms with Crippen LogP contribution in [-0.2, 0) is 0 Å². The van der Waals surface area contributed by atoms with Crippen LogP contribution < -0.4 is 15.0 Å². The second kappa shape index (κ2) is 13.7. The van der Waals surface area contributed by atoms with Gasteiger partial charge in [-0.3, -0.25) is 4.90 Å². The van der Waals surface area contributed by atoms with Gasteiger partial charge in [-0.05, 0) is 62.4 Å². The molecule has 3 aliphatic rings. The topological polar surface area (TPSA) is 73.8 Å². The predicted octanol–water partition coefficient (Wildman–Crippen LogP) is 7.11. The van der Waals surface area contributed by atoms with Crippen LogP contribution in [0.25, 0.3) is 32.8 Å². The van der Waals surface area contributed by atoms with Gasteiger partial charge in [-0.25, -0.2) is 13.2 Å². The van der Waals surface area contributed by atoms with Crippen LogP contribution >= 0.6 is 11.6 Å². The summed E-state index contributed by atoms with van der Waals surface area (Å²) in [6.07, 6.45) is 2.81. The van der Waals surface area contributed by atoms with Crippen molar-refractivity contribution in [2.24, 2.45) is 0 Å². The summed E-state index contributed by atoms with van der Waals surface area (Å²) in [6.45, 7) is 9.84. The quantitative estimate of drug-likeness (QED) is 0.250. The number of fused-ring (bicyclic) bond motifs is 3. The van der Waals surface area contributed by atoms with Crippen molar-refractivity contribution in [3.05, 3.63) is 53.1 Å². The number of benzene rings is 3. The molecule has 3 fully saturated rings. The second-order valence-electron chi connectivity index (χ2n) is 11.2. The smallest absolute Gasteiger partial charge is 0.318 e. The first-order chi connectivity index (χ1) is 21.2. The number of hydrogen-bond donors (Lipinski definition) is 2. The predicted molar refractivity (Wildman–Crippen MR) is 171 cm³/mol. The molecule has 4 heterocycles. The maximum Gasteiger partial charge on any atom is 0.318 e. The van der Waals surface area contributed by atoms with Crippen LogP contribution in [0, 0.1) is 11.6 Å². The monoisotopic (exact) mass is 629 g/mol. The molecule has 1 aromatic heterocycles. The number of methoxy groups -OCH3 is 1. The molecule has 0 bridgehead atoms. The summed E-state index contributed by atoms with van der Waals surface area (Å²) in [5.41, 5.74) is -0.248. The number of rotatable bonds is 3. The Morgan fingerprint density at radius 3 is 2.61 bits per heavy atom. The average molecular weight is 630 g/mol. The molecule has 7 nitrogen and oxygen atoms in total. The van der Waals surface area contributed by atoms with Gasteiger partial charge in [0.15, 0.2) is 5.82 Å². The minimum Gasteiger partial charge on any atom is -0.508 e. The fourth-order valence-electron chi connectivity index (χ4n) is 6.45. The first-order valence-electron chi connectivity index (χ1n) is 15.2. The SMILES string of the molecule is CC.COc1nc(N2CCNC(C)C2)c2cc(F)c(-c3cc(O)cc4cccc(Cl)c34)c(F)c2n1.FC1CC2CCCN2C1. The molecule has 0 radical (unpaired) electrons. The summed E-state index contributed by atoms with van der Waals surface area (Å²) < 4.78 is 49.4. The van der Waals surface area contributed by atoms with Crippen LogP contribution in [0.15, 0.2) is 36.4 Å². The second-order valence-corrected chi connectivity index (χ2v) is 11.6. The molecule has 11 heteroatoms. The number of nitrogens with one attached hydrogen (secondary N) is 1. The van der Waals surface area contributed by atoms with E-state index < -0.39 is 17.8 Å². The maximum atomic E-state index is 16.0. The third kappa shape index (κ3) is 6.39. The molecular formula is C33H39ClF3N5O2. The van der Waals surface area contributed by atoms with Crippen LogP contribution in [0.1, 0.15) is 40.0 Å². The lowest BCUT2D eigenvalue weighted by Crippen LogP contribution is -2.49. The number of hydrogen-bond acceptors (Lipinski definition) is 7. The zero-order valence-corrected chi connectivity index (χ0v) is 26.3. The molecule has 4 aromatic rings. The summed E-state index contributed by atoms with van der Waals surface area (Å²) in [5.74, 6) is -1.39. The number of alkyl halides is 1. The lowest BCUT2D eigenvalue weighted by atomic mass is 9.95. The van der Waals surface area contributed by atoms with E-state index in [0.717, 1.165) is 13.0 Å². The van der Waals surface area contributed by atoms with E-state index in [4.69, 9.17) is 16.3 Å². The Hall–Kier alpha value is -3.34. The largest absolute Gasteiger partial charge is 0.508 e. The van der Waals surface area contributed by atoms with Gasteiger partial charge in [0.1, 0.15) is 29.1 Å². The van der Waals surface area contributed by atoms with Crippen LogP contribution in [0.4, 0.5) is 19.0 Å². The van der Waals surface area contributed by atoms with E-state index in [1.807, 2.05) is 25.7 Å². The maximum absolute atomic E-state index is 16.0. The Morgan fingerprint density at radius 2 is 1.89 bits per heavy atom. The molecule has 3 unspecified atom stereocenters. The number of anilines is 1. The van der Waals surface area contributed by atoms with Gasteiger partial charge in [0.2, 0.25) is 0 Å². The van der Waals surface area contributed by atoms with Gasteiger partial charge in [0.25, 0.3) is 0 Å². The van der Waals surface area contributed by atoms with Crippen LogP contribution in [-0.4, -0.2) is 78.1 Å². The molecule has 7 rings (SSSR count). The van der Waals surface area contributed by atoms with Gasteiger partial charge >= 0.3 is 6.01 Å². The van der Waals surface area contributed by atoms with Crippen molar-refractivity contribution in [2.75, 3.05) is 44.7 Å². The molecular weight excluding hydrogens is 591 g/mol. The highest BCUT2D eigenvalue weighted by Gasteiger charge is 2.34. The zero-order chi connectivity index (χ0) is 31.5. The standard InChI is InChI=1S/C24H21ClF2N4O2.C7H12FN.C2H6/c1-12-11-31(7-6-28-12)23-16-10-18(26)20(21(27)22(16)29-24(30-23)33-2)15-9-14(32)8-13-4-3-5-17(25)19(13)15;8-6-4-7-2-1-3-9(7)5-6;1-2/h3-5,8-10,12,28,32H,6-7,11H2,1-2H3;6-7H,1-5H2;1-2H3. The molecule has 2 N–H and O–H groups in total. The molecule has 3 saturated heterocycles. The van der Waals surface area contributed by atoms with Crippen molar-refractivity contribution in [1.29, 1.82) is 0 Å². The Bertz CT molecular complexity index is 1630. The van der Waals surface area contributed by atoms with Gasteiger partial charge in [0, 0.05) is 59.6 Å². The molecule has 0 amide bonds. The Morgan fingerprint density at radius 1 is 1.09 bits per heavy atom. The van der Waals surface area contributed by atoms with Crippen molar-refractivity contribution in [3.63, 3.8) is 0 Å². The third-order valence-corrected chi connectivity index (χ3v) is 8.65. The molecule has 3 aliphatic heterocycles. The highest BCUT2D eigenvalue weighted by atomic mass is 35.5. The number of halogens is 4. The van der Waals surface area contributed by atoms with Gasteiger partial charge in [-0.1, -0.05) is 37.6 Å². The summed E-state index contributed by atoms with van der Waals surface area (Å²) in [6, 6.07) is 9.88. The zero-order valence-electron chi connectivity index (χ0n) is 25.5. The number of aromatic hydroxyl groups is 1. The lowest BCUT2D eigenvalue weighted by Gasteiger charge is -2.33. The molecule has 3 atom stereocenters. The fourth-order valence-corrected chi connectivity index (χ4v) is 6.74. The van der Waals surface area contributed by atoms with Crippen LogP contribution in [0.3, 0.4) is 0 Å². The van der Waals surface area contributed by atoms with Crippen molar-refractivity contribution in [3.8, 4) is 22.9 Å². The van der Waals surface area contributed by atoms with E-state index in [0.29, 0.717) is 53.8 Å². The number of aromatic nitrogens is 2. The number of phenolic OH excluding ortho intramolecular Hbond substituents is 1. The number of phenols is 1. The van der Waals surface area contributed by atoms with E-state index in [2.05, 4.69) is 20.2 Å². The molecule has 236 valence electrons. The Labute approximate surface area is 261 Å². The van der Waals surface area contributed by atoms with Crippen LogP contribution in [0.5, 0.6) is 11.8 Å². The first kappa shape index (κ1) is 32.1. The van der Waals surface area contributed by atoms with E-state index in [-0.39, 0.29) is 39.8 Å². The minimum atomic E-state index is -0.873. The molecule has 44 heavy (non-hydrogen) atoms. The van der Waals surface area contributed by atoms with Crippen LogP contribution in [0.2, 0.25) is 5.02 Å². The molecule has 0 aliphatic carbocycles. The van der Waals surface area contributed by atoms with Gasteiger partial charge in [-0.15, -0.1) is 0 Å². The normalized spacial score (nSPS) is 21.5. The van der Waals surface area contributed by atoms with E-state index in [9.17, 15) is 9.50 Å². The first-order valence-corrected chi connectivity index (χ1v) is 15.6. The Balaban J connectivity index is 0.000000294. The minimum absolute atomic E-state index is 0.0149. The summed E-state index contributed by atoms with van der Waals surface area (Å²) in [4.78, 5) is 12.9. The molecule has 0 spiro atoms. The van der Waals surface area contributed by atoms with Crippen molar-refractivity contribution in [2.45, 2.75) is 58.3 Å². The highest BCUT2D eigenvalue weighted by Crippen LogP contribution is 2.42. The molecule has 3 aromatic carbocycles. The summed E-state index contributed by atoms with van der Waals surface area (Å²) in [7, 11) is 1.40. The van der Waals surface area contributed by atoms with Gasteiger partial charge in [-0.2, -0.15) is 9.97 Å². The lowest BCUT2D eigenvalue weighted by molar-refractivity contribution is 0.292. The molecule has 0 saturated carbocycles. The highest BCUT2D eigenvalue weighted by molar-refractivity contribution is 6.36. The third-order valence-electron chi connectivity index (χ3n) is 8.33. The van der Waals surface area contributed by atoms with Crippen molar-refractivity contribution in [1.82, 2.24) is 20.2 Å². The summed E-state index contributed by atoms with van der Waals surface area (Å²) in [5, 5.41) is 15.1. The summed E-state index contributed by atoms with van der Waals surface area (Å²) >= 11 is 6.39. The number of piperazine rings is 1. The number of nitrogens with zero attached hydrogens (tertiary/aromatic N) is 4. The van der Waals surface area contributed by atoms with Crippen molar-refractivity contribution >= 4 is 39.1 Å². The van der Waals surface area contributed by atoms with E-state index in [1.165, 1.54) is 38.2 Å². The average Bonchev–Trinajstić information content (AvgIpc) is 3.59. The van der Waals surface area contributed by atoms with E-state index in [1.54, 1.807) is 18.2 Å². The van der Waals surface area contributed by atoms with E-state index >= 15 is 8.78 Å². The number of ether oxygens (including phenoxy) is 1. The van der Waals surface area contributed by atoms with Gasteiger partial charge in [0.05, 0.1) is 12.7 Å². The Kier molecular flexibility index (Phi) is 10.0. The van der Waals surface area contributed by atoms with Gasteiger partial charge < -0.3 is 20.1 Å².